The van der Waals surface area contributed by atoms with Crippen molar-refractivity contribution in [3.63, 3.8) is 0 Å². The van der Waals surface area contributed by atoms with Crippen LogP contribution in [0.1, 0.15) is 73.4 Å². The molecule has 34 heavy (non-hydrogen) atoms. The topological polar surface area (TPSA) is 49.4 Å². The number of nitrogens with zero attached hydrogens (tertiary/aromatic N) is 1. The lowest BCUT2D eigenvalue weighted by molar-refractivity contribution is -0.136. The van der Waals surface area contributed by atoms with Crippen LogP contribution < -0.4 is 5.32 Å². The van der Waals surface area contributed by atoms with Gasteiger partial charge in [-0.3, -0.25) is 9.59 Å². The molecule has 0 bridgehead atoms. The SMILES string of the molecule is CCc1cc(F)cc(NC(=O)c2cc(F)ccc2F)c1C.O=C(C1CCCC1)N1CCCCC1. The fourth-order valence-corrected chi connectivity index (χ4v) is 4.64. The molecule has 0 spiro atoms. The van der Waals surface area contributed by atoms with E-state index in [1.165, 1.54) is 38.2 Å². The van der Waals surface area contributed by atoms with Gasteiger partial charge in [0.05, 0.1) is 5.56 Å². The second kappa shape index (κ2) is 12.0. The Bertz CT molecular complexity index is 1010. The smallest absolute Gasteiger partial charge is 0.258 e. The summed E-state index contributed by atoms with van der Waals surface area (Å²) in [4.78, 5) is 26.0. The number of aryl methyl sites for hydroxylation is 1. The van der Waals surface area contributed by atoms with Gasteiger partial charge in [0.1, 0.15) is 17.5 Å². The summed E-state index contributed by atoms with van der Waals surface area (Å²) in [7, 11) is 0. The third kappa shape index (κ3) is 6.61. The number of anilines is 1. The molecule has 0 aromatic heterocycles. The number of hydrogen-bond donors (Lipinski definition) is 1. The Morgan fingerprint density at radius 1 is 0.941 bits per heavy atom. The van der Waals surface area contributed by atoms with E-state index in [-0.39, 0.29) is 5.69 Å². The molecular formula is C27H33F3N2O2. The highest BCUT2D eigenvalue weighted by Crippen LogP contribution is 2.27. The van der Waals surface area contributed by atoms with Gasteiger partial charge in [0.2, 0.25) is 5.91 Å². The van der Waals surface area contributed by atoms with Gasteiger partial charge in [-0.2, -0.15) is 0 Å². The highest BCUT2D eigenvalue weighted by molar-refractivity contribution is 6.04. The average Bonchev–Trinajstić information content (AvgIpc) is 3.38. The zero-order chi connectivity index (χ0) is 24.7. The summed E-state index contributed by atoms with van der Waals surface area (Å²) in [5, 5.41) is 2.42. The van der Waals surface area contributed by atoms with Gasteiger partial charge >= 0.3 is 0 Å². The predicted octanol–water partition coefficient (Wildman–Crippen LogP) is 6.42. The molecule has 2 fully saturated rings. The summed E-state index contributed by atoms with van der Waals surface area (Å²) in [5.41, 5.74) is 1.27. The Balaban J connectivity index is 0.000000212. The Morgan fingerprint density at radius 3 is 2.26 bits per heavy atom. The van der Waals surface area contributed by atoms with Crippen molar-refractivity contribution in [3.05, 3.63) is 64.5 Å². The van der Waals surface area contributed by atoms with Crippen molar-refractivity contribution in [1.29, 1.82) is 0 Å². The normalized spacial score (nSPS) is 16.1. The maximum Gasteiger partial charge on any atom is 0.258 e. The van der Waals surface area contributed by atoms with E-state index in [9.17, 15) is 22.8 Å². The second-order valence-electron chi connectivity index (χ2n) is 9.04. The van der Waals surface area contributed by atoms with Gasteiger partial charge in [0.15, 0.2) is 0 Å². The van der Waals surface area contributed by atoms with Gasteiger partial charge in [0, 0.05) is 24.7 Å². The summed E-state index contributed by atoms with van der Waals surface area (Å²) in [6.07, 6.45) is 9.19. The molecule has 1 saturated heterocycles. The Labute approximate surface area is 199 Å². The zero-order valence-corrected chi connectivity index (χ0v) is 19.9. The molecule has 0 radical (unpaired) electrons. The first-order chi connectivity index (χ1) is 16.3. The Kier molecular flexibility index (Phi) is 9.13. The van der Waals surface area contributed by atoms with Crippen LogP contribution in [0.4, 0.5) is 18.9 Å². The van der Waals surface area contributed by atoms with E-state index in [1.807, 2.05) is 6.92 Å². The molecule has 2 aromatic rings. The fraction of sp³-hybridized carbons (Fsp3) is 0.481. The third-order valence-corrected chi connectivity index (χ3v) is 6.65. The van der Waals surface area contributed by atoms with Crippen LogP contribution in [-0.2, 0) is 11.2 Å². The van der Waals surface area contributed by atoms with Crippen molar-refractivity contribution in [1.82, 2.24) is 4.90 Å². The van der Waals surface area contributed by atoms with Gasteiger partial charge in [-0.1, -0.05) is 19.8 Å². The van der Waals surface area contributed by atoms with E-state index in [4.69, 9.17) is 0 Å². The van der Waals surface area contributed by atoms with Gasteiger partial charge < -0.3 is 10.2 Å². The zero-order valence-electron chi connectivity index (χ0n) is 19.9. The van der Waals surface area contributed by atoms with Crippen LogP contribution in [0.3, 0.4) is 0 Å². The predicted molar refractivity (Wildman–Crippen MR) is 127 cm³/mol. The first-order valence-corrected chi connectivity index (χ1v) is 12.1. The Morgan fingerprint density at radius 2 is 1.62 bits per heavy atom. The number of benzene rings is 2. The molecule has 1 aliphatic heterocycles. The summed E-state index contributed by atoms with van der Waals surface area (Å²) in [6, 6.07) is 5.15. The molecule has 4 nitrogen and oxygen atoms in total. The van der Waals surface area contributed by atoms with E-state index in [2.05, 4.69) is 10.2 Å². The van der Waals surface area contributed by atoms with Gasteiger partial charge in [-0.05, 0) is 86.9 Å². The highest BCUT2D eigenvalue weighted by Gasteiger charge is 2.27. The summed E-state index contributed by atoms with van der Waals surface area (Å²) in [6.45, 7) is 5.64. The average molecular weight is 475 g/mol. The van der Waals surface area contributed by atoms with E-state index in [1.54, 1.807) is 6.92 Å². The number of hydrogen-bond acceptors (Lipinski definition) is 2. The van der Waals surface area contributed by atoms with Crippen LogP contribution in [0, 0.1) is 30.3 Å². The van der Waals surface area contributed by atoms with Crippen LogP contribution in [-0.4, -0.2) is 29.8 Å². The van der Waals surface area contributed by atoms with Crippen molar-refractivity contribution >= 4 is 17.5 Å². The molecule has 0 atom stereocenters. The van der Waals surface area contributed by atoms with E-state index >= 15 is 0 Å². The Hall–Kier alpha value is -2.83. The van der Waals surface area contributed by atoms with E-state index in [0.717, 1.165) is 55.8 Å². The van der Waals surface area contributed by atoms with Crippen molar-refractivity contribution < 1.29 is 22.8 Å². The van der Waals surface area contributed by atoms with Gasteiger partial charge in [-0.15, -0.1) is 0 Å². The minimum absolute atomic E-state index is 0.250. The molecule has 1 aliphatic carbocycles. The molecule has 0 unspecified atom stereocenters. The number of amides is 2. The first kappa shape index (κ1) is 25.8. The number of likely N-dealkylation sites (tertiary alicyclic amines) is 1. The lowest BCUT2D eigenvalue weighted by atomic mass is 10.0. The number of carbonyl (C=O) groups is 2. The standard InChI is InChI=1S/C16H14F3NO.C11H19NO/c1-3-10-6-12(18)8-15(9(10)2)20-16(21)13-7-11(17)4-5-14(13)19;13-11(10-6-2-3-7-10)12-8-4-1-5-9-12/h4-8H,3H2,1-2H3,(H,20,21);10H,1-9H2. The van der Waals surface area contributed by atoms with Gasteiger partial charge in [-0.25, -0.2) is 13.2 Å². The molecule has 7 heteroatoms. The lowest BCUT2D eigenvalue weighted by Gasteiger charge is -2.29. The minimum Gasteiger partial charge on any atom is -0.342 e. The molecule has 184 valence electrons. The number of rotatable bonds is 4. The lowest BCUT2D eigenvalue weighted by Crippen LogP contribution is -2.38. The first-order valence-electron chi connectivity index (χ1n) is 12.1. The highest BCUT2D eigenvalue weighted by atomic mass is 19.1. The molecule has 1 saturated carbocycles. The molecule has 4 rings (SSSR count). The monoisotopic (exact) mass is 474 g/mol. The quantitative estimate of drug-likeness (QED) is 0.556. The maximum atomic E-state index is 13.5. The molecule has 2 amide bonds. The summed E-state index contributed by atoms with van der Waals surface area (Å²) < 4.78 is 40.2. The molecule has 1 N–H and O–H groups in total. The number of nitrogens with one attached hydrogen (secondary N) is 1. The molecule has 2 aromatic carbocycles. The van der Waals surface area contributed by atoms with E-state index < -0.39 is 28.9 Å². The summed E-state index contributed by atoms with van der Waals surface area (Å²) in [5.74, 6) is -2.02. The second-order valence-corrected chi connectivity index (χ2v) is 9.04. The molecule has 1 heterocycles. The van der Waals surface area contributed by atoms with Crippen LogP contribution in [0.2, 0.25) is 0 Å². The number of piperidine rings is 1. The van der Waals surface area contributed by atoms with Crippen molar-refractivity contribution in [2.75, 3.05) is 18.4 Å². The van der Waals surface area contributed by atoms with E-state index in [0.29, 0.717) is 23.8 Å². The third-order valence-electron chi connectivity index (χ3n) is 6.65. The van der Waals surface area contributed by atoms with Crippen LogP contribution >= 0.6 is 0 Å². The maximum absolute atomic E-state index is 13.5. The minimum atomic E-state index is -0.835. The van der Waals surface area contributed by atoms with Crippen molar-refractivity contribution in [3.8, 4) is 0 Å². The van der Waals surface area contributed by atoms with Crippen LogP contribution in [0.15, 0.2) is 30.3 Å². The summed E-state index contributed by atoms with van der Waals surface area (Å²) >= 11 is 0. The number of carbonyl (C=O) groups excluding carboxylic acids is 2. The number of halogens is 3. The van der Waals surface area contributed by atoms with Crippen LogP contribution in [0.5, 0.6) is 0 Å². The van der Waals surface area contributed by atoms with Crippen LogP contribution in [0.25, 0.3) is 0 Å². The van der Waals surface area contributed by atoms with Crippen molar-refractivity contribution in [2.24, 2.45) is 5.92 Å². The fourth-order valence-electron chi connectivity index (χ4n) is 4.64. The molecule has 2 aliphatic rings. The van der Waals surface area contributed by atoms with Gasteiger partial charge in [0.25, 0.3) is 5.91 Å². The largest absolute Gasteiger partial charge is 0.342 e. The van der Waals surface area contributed by atoms with Crippen molar-refractivity contribution in [2.45, 2.75) is 65.2 Å². The molecular weight excluding hydrogens is 441 g/mol.